The standard InChI is InChI=1S/C8H3ClF4O.C6H3BrF2/c9-8(12,13)7(14)5-2-1-4(10)3-6(5)11;7-5-2-1-4(8)3-6(5)9/h1-3H;1-3H. The monoisotopic (exact) mass is 418 g/mol. The van der Waals surface area contributed by atoms with Crippen LogP contribution in [-0.4, -0.2) is 11.2 Å². The van der Waals surface area contributed by atoms with Crippen LogP contribution in [0.2, 0.25) is 0 Å². The number of carbonyl (C=O) groups excluding carboxylic acids is 1. The molecule has 0 saturated carbocycles. The number of carbonyl (C=O) groups is 1. The Kier molecular flexibility index (Phi) is 6.64. The van der Waals surface area contributed by atoms with Gasteiger partial charge in [-0.25, -0.2) is 17.6 Å². The van der Waals surface area contributed by atoms with Crippen LogP contribution >= 0.6 is 27.5 Å². The van der Waals surface area contributed by atoms with E-state index in [1.807, 2.05) is 0 Å². The van der Waals surface area contributed by atoms with Crippen LogP contribution < -0.4 is 0 Å². The SMILES string of the molecule is Fc1ccc(Br)c(F)c1.O=C(c1ccc(F)cc1F)C(F)(F)Cl. The van der Waals surface area contributed by atoms with E-state index in [0.717, 1.165) is 6.07 Å². The minimum Gasteiger partial charge on any atom is -0.286 e. The van der Waals surface area contributed by atoms with Crippen LogP contribution in [0.4, 0.5) is 26.3 Å². The lowest BCUT2D eigenvalue weighted by molar-refractivity contribution is 0.0531. The third-order valence-electron chi connectivity index (χ3n) is 2.31. The fraction of sp³-hybridized carbons (Fsp3) is 0.0714. The molecule has 1 nitrogen and oxygen atoms in total. The molecule has 0 N–H and O–H groups in total. The molecule has 2 rings (SSSR count). The molecule has 0 saturated heterocycles. The molecule has 0 fully saturated rings. The predicted octanol–water partition coefficient (Wildman–Crippen LogP) is 5.71. The van der Waals surface area contributed by atoms with Crippen molar-refractivity contribution < 1.29 is 31.1 Å². The summed E-state index contributed by atoms with van der Waals surface area (Å²) in [5.74, 6) is -5.35. The lowest BCUT2D eigenvalue weighted by Gasteiger charge is -2.06. The van der Waals surface area contributed by atoms with E-state index in [-0.39, 0.29) is 4.47 Å². The molecule has 0 aromatic heterocycles. The Hall–Kier alpha value is -1.54. The molecular formula is C14H6BrClF6O. The van der Waals surface area contributed by atoms with Crippen LogP contribution in [0.3, 0.4) is 0 Å². The van der Waals surface area contributed by atoms with E-state index in [9.17, 15) is 31.1 Å². The molecule has 0 aliphatic carbocycles. The molecule has 23 heavy (non-hydrogen) atoms. The Labute approximate surface area is 140 Å². The van der Waals surface area contributed by atoms with Crippen molar-refractivity contribution in [1.29, 1.82) is 0 Å². The van der Waals surface area contributed by atoms with Gasteiger partial charge in [-0.05, 0) is 51.8 Å². The van der Waals surface area contributed by atoms with Gasteiger partial charge in [-0.15, -0.1) is 0 Å². The van der Waals surface area contributed by atoms with Crippen LogP contribution in [0, 0.1) is 23.3 Å². The predicted molar refractivity (Wildman–Crippen MR) is 75.5 cm³/mol. The maximum absolute atomic E-state index is 12.8. The summed E-state index contributed by atoms with van der Waals surface area (Å²) in [6, 6.07) is 4.97. The summed E-state index contributed by atoms with van der Waals surface area (Å²) in [7, 11) is 0. The summed E-state index contributed by atoms with van der Waals surface area (Å²) >= 11 is 7.27. The Morgan fingerprint density at radius 2 is 1.39 bits per heavy atom. The molecule has 0 amide bonds. The lowest BCUT2D eigenvalue weighted by Crippen LogP contribution is -2.22. The smallest absolute Gasteiger partial charge is 0.286 e. The number of hydrogen-bond donors (Lipinski definition) is 0. The lowest BCUT2D eigenvalue weighted by atomic mass is 10.1. The highest BCUT2D eigenvalue weighted by Gasteiger charge is 2.38. The van der Waals surface area contributed by atoms with Crippen molar-refractivity contribution in [3.05, 3.63) is 69.7 Å². The highest BCUT2D eigenvalue weighted by Crippen LogP contribution is 2.25. The molecule has 0 atom stereocenters. The second kappa shape index (κ2) is 7.83. The summed E-state index contributed by atoms with van der Waals surface area (Å²) in [5.41, 5.74) is -0.939. The molecule has 2 aromatic rings. The van der Waals surface area contributed by atoms with Crippen molar-refractivity contribution in [2.75, 3.05) is 0 Å². The van der Waals surface area contributed by atoms with E-state index in [2.05, 4.69) is 27.5 Å². The van der Waals surface area contributed by atoms with E-state index < -0.39 is 40.0 Å². The third-order valence-corrected chi connectivity index (χ3v) is 3.13. The zero-order valence-electron chi connectivity index (χ0n) is 10.9. The van der Waals surface area contributed by atoms with Crippen molar-refractivity contribution in [3.8, 4) is 0 Å². The molecule has 0 spiro atoms. The first-order valence-corrected chi connectivity index (χ1v) is 6.86. The first kappa shape index (κ1) is 19.5. The average molecular weight is 420 g/mol. The Balaban J connectivity index is 0.000000253. The summed E-state index contributed by atoms with van der Waals surface area (Å²) < 4.78 is 74.2. The number of ketones is 1. The average Bonchev–Trinajstić information content (AvgIpc) is 2.42. The molecule has 0 bridgehead atoms. The first-order valence-electron chi connectivity index (χ1n) is 5.69. The van der Waals surface area contributed by atoms with Crippen LogP contribution in [0.5, 0.6) is 0 Å². The van der Waals surface area contributed by atoms with Gasteiger partial charge in [-0.3, -0.25) is 4.79 Å². The Morgan fingerprint density at radius 3 is 1.78 bits per heavy atom. The normalized spacial score (nSPS) is 10.8. The number of rotatable bonds is 2. The van der Waals surface area contributed by atoms with Gasteiger partial charge in [-0.2, -0.15) is 8.78 Å². The highest BCUT2D eigenvalue weighted by molar-refractivity contribution is 9.10. The Morgan fingerprint density at radius 1 is 0.913 bits per heavy atom. The molecular weight excluding hydrogens is 413 g/mol. The Bertz CT molecular complexity index is 717. The minimum absolute atomic E-state index is 0.281. The van der Waals surface area contributed by atoms with Crippen LogP contribution in [0.1, 0.15) is 10.4 Å². The number of hydrogen-bond acceptors (Lipinski definition) is 1. The van der Waals surface area contributed by atoms with Crippen molar-refractivity contribution in [1.82, 2.24) is 0 Å². The van der Waals surface area contributed by atoms with Gasteiger partial charge >= 0.3 is 5.38 Å². The number of benzene rings is 2. The number of Topliss-reactive ketones (excluding diaryl/α,β-unsaturated/α-hetero) is 1. The largest absolute Gasteiger partial charge is 0.385 e. The zero-order chi connectivity index (χ0) is 17.8. The summed E-state index contributed by atoms with van der Waals surface area (Å²) in [6.07, 6.45) is 0. The molecule has 0 radical (unpaired) electrons. The van der Waals surface area contributed by atoms with Gasteiger partial charge in [0, 0.05) is 12.1 Å². The maximum atomic E-state index is 12.8. The van der Waals surface area contributed by atoms with Crippen molar-refractivity contribution >= 4 is 33.3 Å². The van der Waals surface area contributed by atoms with Crippen LogP contribution in [0.25, 0.3) is 0 Å². The van der Waals surface area contributed by atoms with Gasteiger partial charge in [-0.1, -0.05) is 0 Å². The fourth-order valence-electron chi connectivity index (χ4n) is 1.30. The topological polar surface area (TPSA) is 17.1 Å². The number of halogens is 8. The van der Waals surface area contributed by atoms with E-state index in [0.29, 0.717) is 18.2 Å². The summed E-state index contributed by atoms with van der Waals surface area (Å²) in [5, 5.41) is -4.18. The molecule has 0 aliphatic rings. The van der Waals surface area contributed by atoms with E-state index >= 15 is 0 Å². The minimum atomic E-state index is -4.18. The summed E-state index contributed by atoms with van der Waals surface area (Å²) in [4.78, 5) is 10.8. The number of alkyl halides is 3. The van der Waals surface area contributed by atoms with E-state index in [1.165, 1.54) is 12.1 Å². The van der Waals surface area contributed by atoms with E-state index in [4.69, 9.17) is 0 Å². The van der Waals surface area contributed by atoms with E-state index in [1.54, 1.807) is 0 Å². The third kappa shape index (κ3) is 5.87. The second-order valence-electron chi connectivity index (χ2n) is 4.01. The van der Waals surface area contributed by atoms with Gasteiger partial charge in [0.1, 0.15) is 23.3 Å². The van der Waals surface area contributed by atoms with Gasteiger partial charge in [0.05, 0.1) is 10.0 Å². The molecule has 2 aromatic carbocycles. The van der Waals surface area contributed by atoms with Crippen LogP contribution in [-0.2, 0) is 0 Å². The molecule has 0 heterocycles. The quantitative estimate of drug-likeness (QED) is 0.264. The van der Waals surface area contributed by atoms with Gasteiger partial charge < -0.3 is 0 Å². The van der Waals surface area contributed by atoms with Crippen LogP contribution in [0.15, 0.2) is 40.9 Å². The second-order valence-corrected chi connectivity index (χ2v) is 5.34. The molecule has 124 valence electrons. The molecule has 0 unspecified atom stereocenters. The fourth-order valence-corrected chi connectivity index (χ4v) is 1.65. The van der Waals surface area contributed by atoms with Crippen molar-refractivity contribution in [3.63, 3.8) is 0 Å². The zero-order valence-corrected chi connectivity index (χ0v) is 13.2. The van der Waals surface area contributed by atoms with Crippen molar-refractivity contribution in [2.45, 2.75) is 5.38 Å². The van der Waals surface area contributed by atoms with Crippen molar-refractivity contribution in [2.24, 2.45) is 0 Å². The maximum Gasteiger partial charge on any atom is 0.385 e. The summed E-state index contributed by atoms with van der Waals surface area (Å²) in [6.45, 7) is 0. The van der Waals surface area contributed by atoms with Gasteiger partial charge in [0.25, 0.3) is 5.78 Å². The van der Waals surface area contributed by atoms with Gasteiger partial charge in [0.2, 0.25) is 0 Å². The molecule has 0 aliphatic heterocycles. The first-order chi connectivity index (χ1) is 10.5. The molecule has 9 heteroatoms. The highest BCUT2D eigenvalue weighted by atomic mass is 79.9. The van der Waals surface area contributed by atoms with Gasteiger partial charge in [0.15, 0.2) is 0 Å².